The van der Waals surface area contributed by atoms with Gasteiger partial charge in [0, 0.05) is 16.3 Å². The second-order valence-corrected chi connectivity index (χ2v) is 12.5. The molecule has 8 aromatic rings. The van der Waals surface area contributed by atoms with Crippen molar-refractivity contribution in [2.24, 2.45) is 0 Å². The van der Waals surface area contributed by atoms with Crippen LogP contribution < -0.4 is 4.90 Å². The summed E-state index contributed by atoms with van der Waals surface area (Å²) in [6.07, 6.45) is 0. The van der Waals surface area contributed by atoms with Gasteiger partial charge in [-0.2, -0.15) is 0 Å². The fourth-order valence-electron chi connectivity index (χ4n) is 7.14. The lowest BCUT2D eigenvalue weighted by atomic mass is 9.97. The number of benzene rings is 6. The summed E-state index contributed by atoms with van der Waals surface area (Å²) in [5.41, 5.74) is 8.34. The van der Waals surface area contributed by atoms with E-state index >= 15 is 0 Å². The van der Waals surface area contributed by atoms with Gasteiger partial charge >= 0.3 is 0 Å². The van der Waals surface area contributed by atoms with E-state index < -0.39 is 0 Å². The molecule has 50 heavy (non-hydrogen) atoms. The van der Waals surface area contributed by atoms with Gasteiger partial charge in [-0.1, -0.05) is 97.1 Å². The number of carbonyl (C=O) groups excluding carboxylic acids is 2. The number of imide groups is 1. The van der Waals surface area contributed by atoms with Crippen LogP contribution in [0.4, 0.5) is 5.69 Å². The largest absolute Gasteiger partial charge is 0.308 e. The molecule has 0 saturated carbocycles. The summed E-state index contributed by atoms with van der Waals surface area (Å²) < 4.78 is 2.08. The van der Waals surface area contributed by atoms with Gasteiger partial charge in [-0.15, -0.1) is 0 Å². The first kappa shape index (κ1) is 29.4. The molecule has 2 amide bonds. The summed E-state index contributed by atoms with van der Waals surface area (Å²) in [6, 6.07) is 45.7. The summed E-state index contributed by atoms with van der Waals surface area (Å²) in [4.78, 5) is 43.9. The molecule has 9 rings (SSSR count). The molecule has 0 bridgehead atoms. The number of hydrogen-bond acceptors (Lipinski definition) is 5. The third kappa shape index (κ3) is 4.70. The number of aryl methyl sites for hydroxylation is 2. The van der Waals surface area contributed by atoms with Gasteiger partial charge in [0.25, 0.3) is 11.8 Å². The molecule has 0 radical (unpaired) electrons. The van der Waals surface area contributed by atoms with Crippen LogP contribution in [0.3, 0.4) is 0 Å². The van der Waals surface area contributed by atoms with Gasteiger partial charge in [-0.05, 0) is 78.6 Å². The minimum atomic E-state index is -0.365. The van der Waals surface area contributed by atoms with E-state index in [0.29, 0.717) is 40.0 Å². The maximum absolute atomic E-state index is 14.7. The highest BCUT2D eigenvalue weighted by Gasteiger charge is 2.39. The number of anilines is 1. The van der Waals surface area contributed by atoms with Gasteiger partial charge in [-0.25, -0.2) is 19.9 Å². The molecule has 7 heteroatoms. The first-order chi connectivity index (χ1) is 24.4. The van der Waals surface area contributed by atoms with Gasteiger partial charge in [0.1, 0.15) is 11.6 Å². The Morgan fingerprint density at radius 3 is 1.78 bits per heavy atom. The fourth-order valence-corrected chi connectivity index (χ4v) is 7.14. The van der Waals surface area contributed by atoms with Gasteiger partial charge in [0.2, 0.25) is 0 Å². The van der Waals surface area contributed by atoms with Crippen LogP contribution in [-0.4, -0.2) is 31.3 Å². The number of carbonyl (C=O) groups is 2. The normalized spacial score (nSPS) is 12.6. The summed E-state index contributed by atoms with van der Waals surface area (Å²) in [5.74, 6) is 1.15. The predicted octanol–water partition coefficient (Wildman–Crippen LogP) is 9.39. The van der Waals surface area contributed by atoms with Crippen LogP contribution >= 0.6 is 0 Å². The first-order valence-corrected chi connectivity index (χ1v) is 16.5. The van der Waals surface area contributed by atoms with E-state index in [9.17, 15) is 9.59 Å². The SMILES string of the molecule is Cc1nc(C)nc(-c2ccc3c4ccccc4n(-c4cccc5c4C(=O)N(c4cc(-c6ccccc6)cc(-c6ccccc6)c4)C5=O)c3c2)n1. The van der Waals surface area contributed by atoms with E-state index in [2.05, 4.69) is 43.8 Å². The van der Waals surface area contributed by atoms with Crippen molar-refractivity contribution in [3.05, 3.63) is 162 Å². The quantitative estimate of drug-likeness (QED) is 0.174. The molecule has 0 aliphatic carbocycles. The maximum Gasteiger partial charge on any atom is 0.268 e. The Morgan fingerprint density at radius 1 is 0.480 bits per heavy atom. The van der Waals surface area contributed by atoms with E-state index in [1.165, 1.54) is 4.90 Å². The van der Waals surface area contributed by atoms with Crippen LogP contribution in [0.2, 0.25) is 0 Å². The van der Waals surface area contributed by atoms with E-state index in [1.807, 2.05) is 123 Å². The molecular weight excluding hydrogens is 619 g/mol. The molecule has 0 saturated heterocycles. The van der Waals surface area contributed by atoms with Crippen LogP contribution in [0.1, 0.15) is 32.4 Å². The van der Waals surface area contributed by atoms with E-state index in [0.717, 1.165) is 49.6 Å². The Bertz CT molecular complexity index is 2590. The lowest BCUT2D eigenvalue weighted by Crippen LogP contribution is -2.29. The molecule has 238 valence electrons. The summed E-state index contributed by atoms with van der Waals surface area (Å²) in [7, 11) is 0. The summed E-state index contributed by atoms with van der Waals surface area (Å²) >= 11 is 0. The molecule has 1 aliphatic rings. The number of hydrogen-bond donors (Lipinski definition) is 0. The number of para-hydroxylation sites is 1. The Kier molecular flexibility index (Phi) is 6.74. The van der Waals surface area contributed by atoms with Crippen molar-refractivity contribution in [3.8, 4) is 39.3 Å². The molecule has 7 nitrogen and oxygen atoms in total. The lowest BCUT2D eigenvalue weighted by Gasteiger charge is -2.18. The van der Waals surface area contributed by atoms with Crippen LogP contribution in [0, 0.1) is 13.8 Å². The number of rotatable bonds is 5. The minimum absolute atomic E-state index is 0.353. The molecule has 0 spiro atoms. The topological polar surface area (TPSA) is 81.0 Å². The van der Waals surface area contributed by atoms with Gasteiger partial charge in [0.15, 0.2) is 5.82 Å². The van der Waals surface area contributed by atoms with Crippen molar-refractivity contribution >= 4 is 39.3 Å². The molecule has 0 atom stereocenters. The van der Waals surface area contributed by atoms with Crippen molar-refractivity contribution < 1.29 is 9.59 Å². The first-order valence-electron chi connectivity index (χ1n) is 16.5. The lowest BCUT2D eigenvalue weighted by molar-refractivity contribution is 0.0926. The number of aromatic nitrogens is 4. The summed E-state index contributed by atoms with van der Waals surface area (Å²) in [5, 5.41) is 2.05. The Morgan fingerprint density at radius 2 is 1.10 bits per heavy atom. The Balaban J connectivity index is 1.24. The molecule has 6 aromatic carbocycles. The van der Waals surface area contributed by atoms with Crippen molar-refractivity contribution in [1.82, 2.24) is 19.5 Å². The molecule has 0 unspecified atom stereocenters. The average Bonchev–Trinajstić information content (AvgIpc) is 3.61. The molecule has 3 heterocycles. The van der Waals surface area contributed by atoms with Crippen molar-refractivity contribution in [3.63, 3.8) is 0 Å². The smallest absolute Gasteiger partial charge is 0.268 e. The third-order valence-electron chi connectivity index (χ3n) is 9.32. The van der Waals surface area contributed by atoms with E-state index in [1.54, 1.807) is 6.07 Å². The highest BCUT2D eigenvalue weighted by Crippen LogP contribution is 2.40. The second kappa shape index (κ2) is 11.5. The van der Waals surface area contributed by atoms with Gasteiger partial charge < -0.3 is 4.57 Å². The Labute approximate surface area is 288 Å². The number of nitrogens with zero attached hydrogens (tertiary/aromatic N) is 5. The zero-order valence-corrected chi connectivity index (χ0v) is 27.3. The second-order valence-electron chi connectivity index (χ2n) is 12.5. The standard InChI is InChI=1S/C43H29N5O2/c1-26-44-27(2)46-41(45-26)30-20-21-35-34-16-9-10-18-37(34)48(39(35)25-30)38-19-11-17-36-40(38)43(50)47(42(36)49)33-23-31(28-12-5-3-6-13-28)22-32(24-33)29-14-7-4-8-15-29/h3-25H,1-2H3. The highest BCUT2D eigenvalue weighted by atomic mass is 16.2. The average molecular weight is 648 g/mol. The van der Waals surface area contributed by atoms with E-state index in [-0.39, 0.29) is 11.8 Å². The van der Waals surface area contributed by atoms with Crippen molar-refractivity contribution in [2.75, 3.05) is 4.90 Å². The number of fused-ring (bicyclic) bond motifs is 4. The van der Waals surface area contributed by atoms with E-state index in [4.69, 9.17) is 0 Å². The molecule has 1 aliphatic heterocycles. The molecule has 2 aromatic heterocycles. The van der Waals surface area contributed by atoms with Crippen LogP contribution in [-0.2, 0) is 0 Å². The van der Waals surface area contributed by atoms with Crippen LogP contribution in [0.5, 0.6) is 0 Å². The van der Waals surface area contributed by atoms with Gasteiger partial charge in [-0.3, -0.25) is 9.59 Å². The molecule has 0 fully saturated rings. The van der Waals surface area contributed by atoms with Crippen molar-refractivity contribution in [1.29, 1.82) is 0 Å². The van der Waals surface area contributed by atoms with Crippen LogP contribution in [0.15, 0.2) is 140 Å². The van der Waals surface area contributed by atoms with Crippen LogP contribution in [0.25, 0.3) is 61.1 Å². The molecular formula is C43H29N5O2. The summed E-state index contributed by atoms with van der Waals surface area (Å²) in [6.45, 7) is 3.71. The fraction of sp³-hybridized carbons (Fsp3) is 0.0465. The van der Waals surface area contributed by atoms with Crippen molar-refractivity contribution in [2.45, 2.75) is 13.8 Å². The zero-order chi connectivity index (χ0) is 33.9. The maximum atomic E-state index is 14.7. The predicted molar refractivity (Wildman–Crippen MR) is 198 cm³/mol. The zero-order valence-electron chi connectivity index (χ0n) is 27.3. The third-order valence-corrected chi connectivity index (χ3v) is 9.32. The number of amides is 2. The Hall–Kier alpha value is -6.73. The highest BCUT2D eigenvalue weighted by molar-refractivity contribution is 6.36. The minimum Gasteiger partial charge on any atom is -0.308 e. The molecule has 0 N–H and O–H groups in total. The van der Waals surface area contributed by atoms with Gasteiger partial charge in [0.05, 0.1) is 33.5 Å². The monoisotopic (exact) mass is 647 g/mol.